The number of ether oxygens (including phenoxy) is 1. The first-order valence-corrected chi connectivity index (χ1v) is 7.32. The molecule has 0 unspecified atom stereocenters. The van der Waals surface area contributed by atoms with E-state index in [0.29, 0.717) is 10.6 Å². The van der Waals surface area contributed by atoms with Crippen LogP contribution in [0.15, 0.2) is 48.5 Å². The third kappa shape index (κ3) is 3.95. The Labute approximate surface area is 134 Å². The number of ketones is 1. The highest BCUT2D eigenvalue weighted by molar-refractivity contribution is 6.30. The van der Waals surface area contributed by atoms with Crippen LogP contribution in [0.4, 0.5) is 0 Å². The number of methoxy groups -OCH3 is 1. The molecule has 0 heterocycles. The summed E-state index contributed by atoms with van der Waals surface area (Å²) in [5.74, 6) is -1.15. The molecule has 114 valence electrons. The monoisotopic (exact) mass is 316 g/mol. The van der Waals surface area contributed by atoms with E-state index in [-0.39, 0.29) is 12.2 Å². The molecule has 4 heteroatoms. The molecule has 2 rings (SSSR count). The number of esters is 1. The predicted octanol–water partition coefficient (Wildman–Crippen LogP) is 4.18. The summed E-state index contributed by atoms with van der Waals surface area (Å²) in [6, 6.07) is 14.2. The standard InChI is InChI=1S/C18H17ClO3/c1-12-4-3-5-14(10-12)17(20)11-16(18(21)22-2)13-6-8-15(19)9-7-13/h3-10,16H,11H2,1-2H3/t16-/m1/s1. The number of carbonyl (C=O) groups excluding carboxylic acids is 2. The highest BCUT2D eigenvalue weighted by Gasteiger charge is 2.25. The third-order valence-electron chi connectivity index (χ3n) is 3.49. The van der Waals surface area contributed by atoms with Crippen molar-refractivity contribution in [1.29, 1.82) is 0 Å². The molecule has 0 aliphatic carbocycles. The number of rotatable bonds is 5. The minimum atomic E-state index is -0.629. The fourth-order valence-corrected chi connectivity index (χ4v) is 2.42. The van der Waals surface area contributed by atoms with Gasteiger partial charge in [0.2, 0.25) is 0 Å². The number of halogens is 1. The van der Waals surface area contributed by atoms with Crippen LogP contribution in [0.1, 0.15) is 33.8 Å². The highest BCUT2D eigenvalue weighted by atomic mass is 35.5. The normalized spacial score (nSPS) is 11.8. The van der Waals surface area contributed by atoms with Crippen molar-refractivity contribution in [2.24, 2.45) is 0 Å². The van der Waals surface area contributed by atoms with Gasteiger partial charge in [0.05, 0.1) is 13.0 Å². The average molecular weight is 317 g/mol. The van der Waals surface area contributed by atoms with Gasteiger partial charge in [0.1, 0.15) is 0 Å². The molecule has 0 aliphatic heterocycles. The minimum absolute atomic E-state index is 0.0672. The van der Waals surface area contributed by atoms with E-state index in [1.807, 2.05) is 25.1 Å². The second kappa shape index (κ2) is 7.23. The SMILES string of the molecule is COC(=O)[C@H](CC(=O)c1cccc(C)c1)c1ccc(Cl)cc1. The maximum absolute atomic E-state index is 12.4. The fraction of sp³-hybridized carbons (Fsp3) is 0.222. The van der Waals surface area contributed by atoms with Gasteiger partial charge in [0, 0.05) is 17.0 Å². The lowest BCUT2D eigenvalue weighted by atomic mass is 9.91. The Balaban J connectivity index is 2.25. The largest absolute Gasteiger partial charge is 0.469 e. The molecule has 2 aromatic carbocycles. The van der Waals surface area contributed by atoms with Crippen LogP contribution in [0, 0.1) is 6.92 Å². The number of benzene rings is 2. The van der Waals surface area contributed by atoms with Crippen LogP contribution >= 0.6 is 11.6 Å². The van der Waals surface area contributed by atoms with Crippen LogP contribution < -0.4 is 0 Å². The molecular formula is C18H17ClO3. The molecule has 0 bridgehead atoms. The summed E-state index contributed by atoms with van der Waals surface area (Å²) in [4.78, 5) is 24.5. The van der Waals surface area contributed by atoms with Crippen molar-refractivity contribution in [3.8, 4) is 0 Å². The molecule has 0 saturated heterocycles. The fourth-order valence-electron chi connectivity index (χ4n) is 2.30. The van der Waals surface area contributed by atoms with Gasteiger partial charge in [-0.1, -0.05) is 47.5 Å². The Morgan fingerprint density at radius 2 is 1.82 bits per heavy atom. The lowest BCUT2D eigenvalue weighted by Crippen LogP contribution is -2.18. The second-order valence-electron chi connectivity index (χ2n) is 5.12. The maximum atomic E-state index is 12.4. The van der Waals surface area contributed by atoms with Crippen LogP contribution in [0.25, 0.3) is 0 Å². The van der Waals surface area contributed by atoms with Gasteiger partial charge < -0.3 is 4.74 Å². The van der Waals surface area contributed by atoms with Crippen molar-refractivity contribution >= 4 is 23.4 Å². The first-order chi connectivity index (χ1) is 10.5. The number of carbonyl (C=O) groups is 2. The summed E-state index contributed by atoms with van der Waals surface area (Å²) in [6.07, 6.45) is 0.0672. The molecular weight excluding hydrogens is 300 g/mol. The average Bonchev–Trinajstić information content (AvgIpc) is 2.52. The summed E-state index contributed by atoms with van der Waals surface area (Å²) in [5, 5.41) is 0.581. The predicted molar refractivity (Wildman–Crippen MR) is 86.3 cm³/mol. The first kappa shape index (κ1) is 16.2. The summed E-state index contributed by atoms with van der Waals surface area (Å²) in [7, 11) is 1.32. The Hall–Kier alpha value is -2.13. The second-order valence-corrected chi connectivity index (χ2v) is 5.56. The lowest BCUT2D eigenvalue weighted by Gasteiger charge is -2.14. The Morgan fingerprint density at radius 1 is 1.14 bits per heavy atom. The van der Waals surface area contributed by atoms with E-state index < -0.39 is 11.9 Å². The summed E-state index contributed by atoms with van der Waals surface area (Å²) >= 11 is 5.87. The van der Waals surface area contributed by atoms with Gasteiger partial charge in [-0.15, -0.1) is 0 Å². The van der Waals surface area contributed by atoms with Crippen LogP contribution in [0.5, 0.6) is 0 Å². The zero-order valence-electron chi connectivity index (χ0n) is 12.5. The number of Topliss-reactive ketones (excluding diaryl/α,β-unsaturated/α-hetero) is 1. The van der Waals surface area contributed by atoms with Crippen LogP contribution in [-0.2, 0) is 9.53 Å². The minimum Gasteiger partial charge on any atom is -0.469 e. The van der Waals surface area contributed by atoms with E-state index in [4.69, 9.17) is 16.3 Å². The van der Waals surface area contributed by atoms with Gasteiger partial charge in [-0.05, 0) is 30.7 Å². The molecule has 2 aromatic rings. The molecule has 0 aromatic heterocycles. The highest BCUT2D eigenvalue weighted by Crippen LogP contribution is 2.25. The Kier molecular flexibility index (Phi) is 5.34. The van der Waals surface area contributed by atoms with Crippen molar-refractivity contribution in [2.45, 2.75) is 19.3 Å². The van der Waals surface area contributed by atoms with Gasteiger partial charge in [-0.2, -0.15) is 0 Å². The molecule has 0 aliphatic rings. The Morgan fingerprint density at radius 3 is 2.41 bits per heavy atom. The topological polar surface area (TPSA) is 43.4 Å². The third-order valence-corrected chi connectivity index (χ3v) is 3.74. The molecule has 1 atom stereocenters. The molecule has 0 saturated carbocycles. The van der Waals surface area contributed by atoms with Crippen LogP contribution in [-0.4, -0.2) is 18.9 Å². The first-order valence-electron chi connectivity index (χ1n) is 6.94. The van der Waals surface area contributed by atoms with Gasteiger partial charge in [-0.3, -0.25) is 9.59 Å². The van der Waals surface area contributed by atoms with E-state index in [1.165, 1.54) is 7.11 Å². The number of aryl methyl sites for hydroxylation is 1. The van der Waals surface area contributed by atoms with E-state index >= 15 is 0 Å². The van der Waals surface area contributed by atoms with Gasteiger partial charge in [0.15, 0.2) is 5.78 Å². The zero-order chi connectivity index (χ0) is 16.1. The molecule has 22 heavy (non-hydrogen) atoms. The Bertz CT molecular complexity index is 677. The van der Waals surface area contributed by atoms with E-state index in [0.717, 1.165) is 11.1 Å². The van der Waals surface area contributed by atoms with Crippen molar-refractivity contribution in [2.75, 3.05) is 7.11 Å². The van der Waals surface area contributed by atoms with Gasteiger partial charge >= 0.3 is 5.97 Å². The van der Waals surface area contributed by atoms with Gasteiger partial charge in [0.25, 0.3) is 0 Å². The molecule has 0 fully saturated rings. The summed E-state index contributed by atoms with van der Waals surface area (Å²) in [5.41, 5.74) is 2.33. The molecule has 0 N–H and O–H groups in total. The quantitative estimate of drug-likeness (QED) is 0.614. The molecule has 3 nitrogen and oxygen atoms in total. The summed E-state index contributed by atoms with van der Waals surface area (Å²) < 4.78 is 4.83. The van der Waals surface area contributed by atoms with Crippen molar-refractivity contribution in [3.05, 3.63) is 70.2 Å². The number of hydrogen-bond donors (Lipinski definition) is 0. The van der Waals surface area contributed by atoms with Gasteiger partial charge in [-0.25, -0.2) is 0 Å². The van der Waals surface area contributed by atoms with Crippen molar-refractivity contribution in [3.63, 3.8) is 0 Å². The van der Waals surface area contributed by atoms with Crippen LogP contribution in [0.3, 0.4) is 0 Å². The van der Waals surface area contributed by atoms with E-state index in [1.54, 1.807) is 30.3 Å². The molecule has 0 spiro atoms. The number of hydrogen-bond acceptors (Lipinski definition) is 3. The summed E-state index contributed by atoms with van der Waals surface area (Å²) in [6.45, 7) is 1.92. The zero-order valence-corrected chi connectivity index (χ0v) is 13.3. The van der Waals surface area contributed by atoms with Crippen molar-refractivity contribution in [1.82, 2.24) is 0 Å². The lowest BCUT2D eigenvalue weighted by molar-refractivity contribution is -0.142. The van der Waals surface area contributed by atoms with Crippen molar-refractivity contribution < 1.29 is 14.3 Å². The van der Waals surface area contributed by atoms with Crippen LogP contribution in [0.2, 0.25) is 5.02 Å². The van der Waals surface area contributed by atoms with E-state index in [2.05, 4.69) is 0 Å². The van der Waals surface area contributed by atoms with E-state index in [9.17, 15) is 9.59 Å². The maximum Gasteiger partial charge on any atom is 0.313 e. The smallest absolute Gasteiger partial charge is 0.313 e. The molecule has 0 radical (unpaired) electrons. The molecule has 0 amide bonds.